The summed E-state index contributed by atoms with van der Waals surface area (Å²) in [6.45, 7) is -0.564. The smallest absolute Gasteiger partial charge is 0.241 e. The highest BCUT2D eigenvalue weighted by atomic mass is 32.2. The number of nitrogens with one attached hydrogen (secondary N) is 2. The monoisotopic (exact) mass is 429 g/mol. The van der Waals surface area contributed by atoms with Gasteiger partial charge in [-0.1, -0.05) is 0 Å². The number of rotatable bonds is 8. The summed E-state index contributed by atoms with van der Waals surface area (Å²) in [7, 11) is -5.27. The van der Waals surface area contributed by atoms with Gasteiger partial charge in [0.05, 0.1) is 25.7 Å². The van der Waals surface area contributed by atoms with Gasteiger partial charge in [-0.15, -0.1) is 0 Å². The zero-order valence-electron chi connectivity index (χ0n) is 15.0. The van der Waals surface area contributed by atoms with E-state index in [4.69, 9.17) is 14.6 Å². The molecule has 12 heteroatoms. The summed E-state index contributed by atoms with van der Waals surface area (Å²) in [5.74, 6) is -0.204. The van der Waals surface area contributed by atoms with Crippen molar-refractivity contribution in [2.75, 3.05) is 26.1 Å². The fraction of sp³-hybridized carbons (Fsp3) is 0.188. The molecule has 0 atom stereocenters. The number of carbonyl (C=O) groups excluding carboxylic acids is 1. The van der Waals surface area contributed by atoms with E-state index in [-0.39, 0.29) is 21.2 Å². The third-order valence-electron chi connectivity index (χ3n) is 3.55. The number of primary sulfonamides is 1. The molecule has 0 bridgehead atoms. The molecule has 0 aliphatic rings. The van der Waals surface area contributed by atoms with Crippen LogP contribution in [-0.2, 0) is 24.8 Å². The van der Waals surface area contributed by atoms with E-state index in [0.29, 0.717) is 5.75 Å². The van der Waals surface area contributed by atoms with E-state index in [1.54, 1.807) is 0 Å². The average Bonchev–Trinajstić information content (AvgIpc) is 2.66. The van der Waals surface area contributed by atoms with Crippen molar-refractivity contribution in [2.24, 2.45) is 5.14 Å². The first kappa shape index (κ1) is 21.6. The lowest BCUT2D eigenvalue weighted by Crippen LogP contribution is -2.33. The standard InChI is InChI=1S/C16H19N3O7S2/c1-25-12-4-6-13(7-5-12)28(23,24)18-10-16(20)19-11-3-8-14(26-2)15(9-11)27(17,21)22/h3-9,18H,10H2,1-2H3,(H,19,20)(H2,17,21,22). The fourth-order valence-electron chi connectivity index (χ4n) is 2.18. The van der Waals surface area contributed by atoms with E-state index in [0.717, 1.165) is 6.07 Å². The number of carbonyl (C=O) groups is 1. The maximum atomic E-state index is 12.2. The lowest BCUT2D eigenvalue weighted by molar-refractivity contribution is -0.115. The number of amides is 1. The SMILES string of the molecule is COc1ccc(S(=O)(=O)NCC(=O)Nc2ccc(OC)c(S(N)(=O)=O)c2)cc1. The minimum Gasteiger partial charge on any atom is -0.497 e. The van der Waals surface area contributed by atoms with E-state index < -0.39 is 32.5 Å². The molecule has 0 fully saturated rings. The number of hydrogen-bond donors (Lipinski definition) is 3. The Hall–Kier alpha value is -2.67. The lowest BCUT2D eigenvalue weighted by atomic mass is 10.3. The van der Waals surface area contributed by atoms with Crippen molar-refractivity contribution in [1.29, 1.82) is 0 Å². The van der Waals surface area contributed by atoms with Crippen LogP contribution in [0.1, 0.15) is 0 Å². The van der Waals surface area contributed by atoms with Gasteiger partial charge >= 0.3 is 0 Å². The summed E-state index contributed by atoms with van der Waals surface area (Å²) >= 11 is 0. The largest absolute Gasteiger partial charge is 0.497 e. The molecule has 0 heterocycles. The van der Waals surface area contributed by atoms with Gasteiger partial charge in [-0.25, -0.2) is 26.7 Å². The molecule has 2 rings (SSSR count). The molecular formula is C16H19N3O7S2. The van der Waals surface area contributed by atoms with Crippen molar-refractivity contribution in [3.05, 3.63) is 42.5 Å². The van der Waals surface area contributed by atoms with Crippen molar-refractivity contribution in [2.45, 2.75) is 9.79 Å². The van der Waals surface area contributed by atoms with E-state index in [9.17, 15) is 21.6 Å². The van der Waals surface area contributed by atoms with Crippen molar-refractivity contribution in [3.8, 4) is 11.5 Å². The third-order valence-corrected chi connectivity index (χ3v) is 5.90. The van der Waals surface area contributed by atoms with Crippen molar-refractivity contribution < 1.29 is 31.1 Å². The molecule has 2 aromatic rings. The Morgan fingerprint density at radius 3 is 2.18 bits per heavy atom. The Morgan fingerprint density at radius 2 is 1.64 bits per heavy atom. The molecule has 2 aromatic carbocycles. The van der Waals surface area contributed by atoms with Crippen LogP contribution < -0.4 is 24.7 Å². The molecule has 0 spiro atoms. The average molecular weight is 429 g/mol. The van der Waals surface area contributed by atoms with Crippen LogP contribution >= 0.6 is 0 Å². The number of anilines is 1. The van der Waals surface area contributed by atoms with Crippen LogP contribution in [0.4, 0.5) is 5.69 Å². The summed E-state index contributed by atoms with van der Waals surface area (Å²) in [5, 5.41) is 7.50. The number of nitrogens with two attached hydrogens (primary N) is 1. The Balaban J connectivity index is 2.07. The maximum absolute atomic E-state index is 12.2. The van der Waals surface area contributed by atoms with Crippen molar-refractivity contribution in [3.63, 3.8) is 0 Å². The topological polar surface area (TPSA) is 154 Å². The summed E-state index contributed by atoms with van der Waals surface area (Å²) in [6.07, 6.45) is 0. The van der Waals surface area contributed by atoms with Gasteiger partial charge in [-0.05, 0) is 42.5 Å². The molecular weight excluding hydrogens is 410 g/mol. The second kappa shape index (κ2) is 8.56. The molecule has 10 nitrogen and oxygen atoms in total. The Kier molecular flexibility index (Phi) is 6.61. The predicted molar refractivity (Wildman–Crippen MR) is 101 cm³/mol. The molecule has 1 amide bonds. The molecule has 0 aliphatic carbocycles. The van der Waals surface area contributed by atoms with Crippen molar-refractivity contribution in [1.82, 2.24) is 4.72 Å². The first-order valence-electron chi connectivity index (χ1n) is 7.71. The zero-order chi connectivity index (χ0) is 20.9. The van der Waals surface area contributed by atoms with E-state index in [1.165, 1.54) is 50.6 Å². The number of methoxy groups -OCH3 is 2. The van der Waals surface area contributed by atoms with Gasteiger partial charge in [0.2, 0.25) is 26.0 Å². The second-order valence-electron chi connectivity index (χ2n) is 5.46. The number of hydrogen-bond acceptors (Lipinski definition) is 7. The molecule has 0 saturated carbocycles. The Bertz CT molecular complexity index is 1070. The van der Waals surface area contributed by atoms with Crippen LogP contribution in [0.5, 0.6) is 11.5 Å². The zero-order valence-corrected chi connectivity index (χ0v) is 16.6. The van der Waals surface area contributed by atoms with Crippen LogP contribution in [0.25, 0.3) is 0 Å². The van der Waals surface area contributed by atoms with E-state index in [1.807, 2.05) is 0 Å². The summed E-state index contributed by atoms with van der Waals surface area (Å²) in [4.78, 5) is 11.7. The molecule has 0 radical (unpaired) electrons. The number of sulfonamides is 2. The lowest BCUT2D eigenvalue weighted by Gasteiger charge is -2.11. The van der Waals surface area contributed by atoms with E-state index in [2.05, 4.69) is 10.0 Å². The molecule has 0 aromatic heterocycles. The number of benzene rings is 2. The van der Waals surface area contributed by atoms with Crippen LogP contribution in [-0.4, -0.2) is 43.5 Å². The molecule has 4 N–H and O–H groups in total. The normalized spacial score (nSPS) is 11.7. The molecule has 0 unspecified atom stereocenters. The molecule has 28 heavy (non-hydrogen) atoms. The first-order valence-corrected chi connectivity index (χ1v) is 10.7. The molecule has 0 saturated heterocycles. The van der Waals surface area contributed by atoms with Gasteiger partial charge in [0.1, 0.15) is 16.4 Å². The van der Waals surface area contributed by atoms with Crippen LogP contribution in [0, 0.1) is 0 Å². The van der Waals surface area contributed by atoms with Crippen molar-refractivity contribution >= 4 is 31.6 Å². The molecule has 152 valence electrons. The van der Waals surface area contributed by atoms with Gasteiger partial charge in [0.25, 0.3) is 0 Å². The highest BCUT2D eigenvalue weighted by Crippen LogP contribution is 2.26. The van der Waals surface area contributed by atoms with Gasteiger partial charge < -0.3 is 14.8 Å². The predicted octanol–water partition coefficient (Wildman–Crippen LogP) is 0.268. The maximum Gasteiger partial charge on any atom is 0.241 e. The highest BCUT2D eigenvalue weighted by molar-refractivity contribution is 7.89. The van der Waals surface area contributed by atoms with Gasteiger partial charge in [0.15, 0.2) is 0 Å². The number of ether oxygens (including phenoxy) is 2. The second-order valence-corrected chi connectivity index (χ2v) is 8.76. The van der Waals surface area contributed by atoms with Crippen LogP contribution in [0.3, 0.4) is 0 Å². The molecule has 0 aliphatic heterocycles. The summed E-state index contributed by atoms with van der Waals surface area (Å²) < 4.78 is 59.6. The van der Waals surface area contributed by atoms with E-state index >= 15 is 0 Å². The third kappa shape index (κ3) is 5.42. The fourth-order valence-corrected chi connectivity index (χ4v) is 3.89. The summed E-state index contributed by atoms with van der Waals surface area (Å²) in [6, 6.07) is 9.44. The minimum atomic E-state index is -4.08. The van der Waals surface area contributed by atoms with Gasteiger partial charge in [0, 0.05) is 5.69 Å². The Labute approximate surface area is 162 Å². The highest BCUT2D eigenvalue weighted by Gasteiger charge is 2.18. The van der Waals surface area contributed by atoms with Crippen LogP contribution in [0.15, 0.2) is 52.3 Å². The minimum absolute atomic E-state index is 0.0145. The van der Waals surface area contributed by atoms with Gasteiger partial charge in [-0.3, -0.25) is 4.79 Å². The van der Waals surface area contributed by atoms with Gasteiger partial charge in [-0.2, -0.15) is 0 Å². The first-order chi connectivity index (χ1) is 13.1. The summed E-state index contributed by atoms with van der Waals surface area (Å²) in [5.41, 5.74) is 0.110. The Morgan fingerprint density at radius 1 is 1.00 bits per heavy atom. The quantitative estimate of drug-likeness (QED) is 0.544. The van der Waals surface area contributed by atoms with Crippen LogP contribution in [0.2, 0.25) is 0 Å².